The van der Waals surface area contributed by atoms with Crippen molar-refractivity contribution in [1.82, 2.24) is 0 Å². The van der Waals surface area contributed by atoms with Crippen LogP contribution in [0.1, 0.15) is 19.8 Å². The van der Waals surface area contributed by atoms with Crippen LogP contribution in [0.25, 0.3) is 0 Å². The summed E-state index contributed by atoms with van der Waals surface area (Å²) in [5.74, 6) is 0.588. The average Bonchev–Trinajstić information content (AvgIpc) is 1.61. The monoisotopic (exact) mass is 122 g/mol. The van der Waals surface area contributed by atoms with Gasteiger partial charge in [-0.3, -0.25) is 0 Å². The Labute approximate surface area is 50.1 Å². The molecule has 1 saturated carbocycles. The molecule has 1 aliphatic carbocycles. The van der Waals surface area contributed by atoms with Crippen molar-refractivity contribution in [2.24, 2.45) is 5.92 Å². The van der Waals surface area contributed by atoms with E-state index in [0.29, 0.717) is 5.92 Å². The maximum Gasteiger partial charge on any atom is 0.0565 e. The quantitative estimate of drug-likeness (QED) is 0.512. The Hall–Kier alpha value is 0.250. The molecule has 1 rings (SSSR count). The second kappa shape index (κ2) is 2.53. The van der Waals surface area contributed by atoms with Crippen LogP contribution in [0.5, 0.6) is 0 Å². The van der Waals surface area contributed by atoms with Gasteiger partial charge in [-0.1, -0.05) is 6.92 Å². The first kappa shape index (κ1) is 7.25. The molecule has 0 aromatic heterocycles. The van der Waals surface area contributed by atoms with Crippen LogP contribution in [-0.4, -0.2) is 11.2 Å². The Bertz CT molecular complexity index is 48.0. The zero-order valence-corrected chi connectivity index (χ0v) is 5.24. The van der Waals surface area contributed by atoms with Crippen molar-refractivity contribution in [3.63, 3.8) is 0 Å². The minimum atomic E-state index is 0. The minimum Gasteiger partial charge on any atom is -0.393 e. The predicted octanol–water partition coefficient (Wildman–Crippen LogP) is 1.20. The Kier molecular flexibility index (Phi) is 2.62. The zero-order chi connectivity index (χ0) is 4.57. The van der Waals surface area contributed by atoms with E-state index in [-0.39, 0.29) is 18.5 Å². The van der Waals surface area contributed by atoms with Crippen molar-refractivity contribution in [3.8, 4) is 0 Å². The summed E-state index contributed by atoms with van der Waals surface area (Å²) in [6.45, 7) is 2.08. The molecule has 0 aliphatic heterocycles. The third kappa shape index (κ3) is 1.32. The van der Waals surface area contributed by atoms with Gasteiger partial charge in [0.2, 0.25) is 0 Å². The summed E-state index contributed by atoms with van der Waals surface area (Å²) in [5.41, 5.74) is 0. The van der Waals surface area contributed by atoms with Gasteiger partial charge < -0.3 is 5.11 Å². The van der Waals surface area contributed by atoms with Crippen LogP contribution in [0.3, 0.4) is 0 Å². The Morgan fingerprint density at radius 1 is 1.43 bits per heavy atom. The molecule has 1 aliphatic rings. The molecule has 1 nitrogen and oxygen atoms in total. The van der Waals surface area contributed by atoms with Gasteiger partial charge in [0.25, 0.3) is 0 Å². The van der Waals surface area contributed by atoms with E-state index in [0.717, 1.165) is 6.42 Å². The molecule has 1 N–H and O–H groups in total. The number of rotatable bonds is 0. The van der Waals surface area contributed by atoms with E-state index in [9.17, 15) is 0 Å². The van der Waals surface area contributed by atoms with Crippen molar-refractivity contribution in [2.45, 2.75) is 25.9 Å². The number of aliphatic hydroxyl groups is 1. The van der Waals surface area contributed by atoms with Gasteiger partial charge in [0.1, 0.15) is 0 Å². The third-order valence-corrected chi connectivity index (χ3v) is 1.57. The second-order valence-corrected chi connectivity index (χ2v) is 2.12. The smallest absolute Gasteiger partial charge is 0.0565 e. The molecular formula is C5H11ClO. The lowest BCUT2D eigenvalue weighted by Crippen LogP contribution is -2.27. The number of halogens is 1. The highest BCUT2D eigenvalue weighted by atomic mass is 35.5. The average molecular weight is 123 g/mol. The van der Waals surface area contributed by atoms with Gasteiger partial charge in [-0.15, -0.1) is 12.4 Å². The summed E-state index contributed by atoms with van der Waals surface area (Å²) in [5, 5.41) is 8.72. The normalized spacial score (nSPS) is 38.6. The van der Waals surface area contributed by atoms with Crippen LogP contribution in [0.4, 0.5) is 0 Å². The van der Waals surface area contributed by atoms with Crippen LogP contribution < -0.4 is 0 Å². The molecular weight excluding hydrogens is 112 g/mol. The molecule has 0 saturated heterocycles. The zero-order valence-electron chi connectivity index (χ0n) is 4.42. The fraction of sp³-hybridized carbons (Fsp3) is 1.00. The maximum atomic E-state index is 8.72. The van der Waals surface area contributed by atoms with Gasteiger partial charge in [0, 0.05) is 0 Å². The van der Waals surface area contributed by atoms with Crippen molar-refractivity contribution in [2.75, 3.05) is 0 Å². The summed E-state index contributed by atoms with van der Waals surface area (Å²) >= 11 is 0. The van der Waals surface area contributed by atoms with E-state index in [1.807, 2.05) is 0 Å². The van der Waals surface area contributed by atoms with E-state index in [4.69, 9.17) is 5.11 Å². The molecule has 0 bridgehead atoms. The summed E-state index contributed by atoms with van der Waals surface area (Å²) in [6, 6.07) is 0. The first-order valence-electron chi connectivity index (χ1n) is 2.49. The molecule has 2 heteroatoms. The van der Waals surface area contributed by atoms with Crippen LogP contribution in [0.15, 0.2) is 0 Å². The van der Waals surface area contributed by atoms with E-state index < -0.39 is 0 Å². The highest BCUT2D eigenvalue weighted by molar-refractivity contribution is 5.85. The van der Waals surface area contributed by atoms with E-state index >= 15 is 0 Å². The van der Waals surface area contributed by atoms with E-state index in [2.05, 4.69) is 6.92 Å². The van der Waals surface area contributed by atoms with Crippen LogP contribution in [0.2, 0.25) is 0 Å². The Balaban J connectivity index is 0.000000360. The number of hydrogen-bond acceptors (Lipinski definition) is 1. The molecule has 0 heterocycles. The SMILES string of the molecule is C[C@@H]1CC[C@@H]1O.Cl. The Morgan fingerprint density at radius 2 is 1.86 bits per heavy atom. The lowest BCUT2D eigenvalue weighted by molar-refractivity contribution is 0.0346. The molecule has 0 spiro atoms. The minimum absolute atomic E-state index is 0. The Morgan fingerprint density at radius 3 is 1.86 bits per heavy atom. The van der Waals surface area contributed by atoms with E-state index in [1.54, 1.807) is 0 Å². The summed E-state index contributed by atoms with van der Waals surface area (Å²) in [7, 11) is 0. The molecule has 7 heavy (non-hydrogen) atoms. The van der Waals surface area contributed by atoms with Crippen LogP contribution in [-0.2, 0) is 0 Å². The second-order valence-electron chi connectivity index (χ2n) is 2.12. The van der Waals surface area contributed by atoms with Gasteiger partial charge in [-0.25, -0.2) is 0 Å². The number of hydrogen-bond donors (Lipinski definition) is 1. The topological polar surface area (TPSA) is 20.2 Å². The summed E-state index contributed by atoms with van der Waals surface area (Å²) in [4.78, 5) is 0. The van der Waals surface area contributed by atoms with Crippen molar-refractivity contribution in [3.05, 3.63) is 0 Å². The van der Waals surface area contributed by atoms with Crippen LogP contribution in [0, 0.1) is 5.92 Å². The maximum absolute atomic E-state index is 8.72. The molecule has 2 atom stereocenters. The van der Waals surface area contributed by atoms with Gasteiger partial charge in [-0.05, 0) is 18.8 Å². The van der Waals surface area contributed by atoms with Crippen LogP contribution >= 0.6 is 12.4 Å². The molecule has 0 radical (unpaired) electrons. The predicted molar refractivity (Wildman–Crippen MR) is 31.7 cm³/mol. The molecule has 0 unspecified atom stereocenters. The van der Waals surface area contributed by atoms with E-state index in [1.165, 1.54) is 6.42 Å². The first-order chi connectivity index (χ1) is 2.80. The number of aliphatic hydroxyl groups excluding tert-OH is 1. The highest BCUT2D eigenvalue weighted by Crippen LogP contribution is 2.25. The van der Waals surface area contributed by atoms with Gasteiger partial charge in [-0.2, -0.15) is 0 Å². The largest absolute Gasteiger partial charge is 0.393 e. The van der Waals surface area contributed by atoms with Gasteiger partial charge in [0.05, 0.1) is 6.10 Å². The van der Waals surface area contributed by atoms with Crippen molar-refractivity contribution in [1.29, 1.82) is 0 Å². The fourth-order valence-corrected chi connectivity index (χ4v) is 0.649. The van der Waals surface area contributed by atoms with Crippen molar-refractivity contribution < 1.29 is 5.11 Å². The lowest BCUT2D eigenvalue weighted by Gasteiger charge is -2.28. The lowest BCUT2D eigenvalue weighted by atomic mass is 9.84. The summed E-state index contributed by atoms with van der Waals surface area (Å²) < 4.78 is 0. The summed E-state index contributed by atoms with van der Waals surface area (Å²) in [6.07, 6.45) is 2.28. The van der Waals surface area contributed by atoms with Crippen molar-refractivity contribution >= 4 is 12.4 Å². The molecule has 44 valence electrons. The fourth-order valence-electron chi connectivity index (χ4n) is 0.649. The van der Waals surface area contributed by atoms with Gasteiger partial charge >= 0.3 is 0 Å². The molecule has 0 aromatic rings. The molecule has 1 fully saturated rings. The first-order valence-corrected chi connectivity index (χ1v) is 2.49. The molecule has 0 aromatic carbocycles. The standard InChI is InChI=1S/C5H10O.ClH/c1-4-2-3-5(4)6;/h4-6H,2-3H2,1H3;1H/t4-,5+;/m1./s1. The van der Waals surface area contributed by atoms with Gasteiger partial charge in [0.15, 0.2) is 0 Å². The highest BCUT2D eigenvalue weighted by Gasteiger charge is 2.23. The third-order valence-electron chi connectivity index (χ3n) is 1.57. The molecule has 0 amide bonds.